The lowest BCUT2D eigenvalue weighted by atomic mass is 10.1. The summed E-state index contributed by atoms with van der Waals surface area (Å²) in [7, 11) is 0. The van der Waals surface area contributed by atoms with Crippen molar-refractivity contribution in [3.05, 3.63) is 54.4 Å². The van der Waals surface area contributed by atoms with Crippen molar-refractivity contribution < 1.29 is 5.21 Å². The smallest absolute Gasteiger partial charge is 0.116 e. The molecule has 5 nitrogen and oxygen atoms in total. The van der Waals surface area contributed by atoms with Gasteiger partial charge in [0.25, 0.3) is 0 Å². The average molecular weight is 214 g/mol. The summed E-state index contributed by atoms with van der Waals surface area (Å²) in [5.74, 6) is 0. The van der Waals surface area contributed by atoms with E-state index in [1.54, 1.807) is 18.5 Å². The van der Waals surface area contributed by atoms with Gasteiger partial charge < -0.3 is 5.21 Å². The van der Waals surface area contributed by atoms with Crippen LogP contribution >= 0.6 is 0 Å². The van der Waals surface area contributed by atoms with E-state index in [0.29, 0.717) is 17.8 Å². The molecule has 0 radical (unpaired) electrons. The zero-order valence-electron chi connectivity index (χ0n) is 8.48. The summed E-state index contributed by atoms with van der Waals surface area (Å²) in [6, 6.07) is 7.28. The van der Waals surface area contributed by atoms with Crippen LogP contribution in [0.5, 0.6) is 0 Å². The number of hydrogen-bond donors (Lipinski definition) is 1. The lowest BCUT2D eigenvalue weighted by Gasteiger charge is -2.02. The van der Waals surface area contributed by atoms with Gasteiger partial charge in [0.15, 0.2) is 0 Å². The van der Waals surface area contributed by atoms with Gasteiger partial charge in [0.2, 0.25) is 0 Å². The Kier molecular flexibility index (Phi) is 3.18. The van der Waals surface area contributed by atoms with E-state index in [1.165, 1.54) is 6.33 Å². The Bertz CT molecular complexity index is 470. The predicted octanol–water partition coefficient (Wildman–Crippen LogP) is 1.29. The minimum absolute atomic E-state index is 0.439. The van der Waals surface area contributed by atoms with E-state index in [1.807, 2.05) is 18.2 Å². The number of nitrogens with zero attached hydrogens (tertiary/aromatic N) is 4. The zero-order valence-corrected chi connectivity index (χ0v) is 8.48. The Balaban J connectivity index is 2.20. The largest absolute Gasteiger partial charge is 0.411 e. The second-order valence-corrected chi connectivity index (χ2v) is 3.14. The van der Waals surface area contributed by atoms with Crippen molar-refractivity contribution in [3.63, 3.8) is 0 Å². The molecule has 16 heavy (non-hydrogen) atoms. The van der Waals surface area contributed by atoms with Gasteiger partial charge in [-0.2, -0.15) is 0 Å². The van der Waals surface area contributed by atoms with Gasteiger partial charge in [-0.05, 0) is 18.2 Å². The van der Waals surface area contributed by atoms with Crippen LogP contribution in [0.15, 0.2) is 48.1 Å². The van der Waals surface area contributed by atoms with Crippen molar-refractivity contribution in [2.24, 2.45) is 5.16 Å². The highest BCUT2D eigenvalue weighted by Crippen LogP contribution is 2.03. The van der Waals surface area contributed by atoms with Gasteiger partial charge in [0.1, 0.15) is 12.0 Å². The average Bonchev–Trinajstić information content (AvgIpc) is 2.38. The molecule has 0 aliphatic heterocycles. The first-order valence-electron chi connectivity index (χ1n) is 4.77. The Morgan fingerprint density at radius 1 is 1.19 bits per heavy atom. The van der Waals surface area contributed by atoms with Crippen LogP contribution in [-0.4, -0.2) is 25.9 Å². The molecule has 2 rings (SSSR count). The summed E-state index contributed by atoms with van der Waals surface area (Å²) in [6.07, 6.45) is 5.16. The molecule has 0 aliphatic carbocycles. The Hall–Kier alpha value is -2.30. The molecule has 1 N–H and O–H groups in total. The molecule has 0 bridgehead atoms. The highest BCUT2D eigenvalue weighted by atomic mass is 16.4. The zero-order chi connectivity index (χ0) is 11.2. The van der Waals surface area contributed by atoms with Gasteiger partial charge in [0.05, 0.1) is 5.69 Å². The van der Waals surface area contributed by atoms with Crippen LogP contribution in [0, 0.1) is 0 Å². The van der Waals surface area contributed by atoms with Crippen molar-refractivity contribution in [2.45, 2.75) is 6.42 Å². The van der Waals surface area contributed by atoms with E-state index in [-0.39, 0.29) is 0 Å². The third-order valence-corrected chi connectivity index (χ3v) is 2.07. The lowest BCUT2D eigenvalue weighted by Crippen LogP contribution is -2.08. The van der Waals surface area contributed by atoms with Gasteiger partial charge in [-0.25, -0.2) is 9.97 Å². The fourth-order valence-electron chi connectivity index (χ4n) is 1.31. The van der Waals surface area contributed by atoms with Crippen LogP contribution in [0.3, 0.4) is 0 Å². The Morgan fingerprint density at radius 2 is 2.12 bits per heavy atom. The molecule has 0 atom stereocenters. The second kappa shape index (κ2) is 4.97. The van der Waals surface area contributed by atoms with Crippen LogP contribution in [-0.2, 0) is 6.42 Å². The summed E-state index contributed by atoms with van der Waals surface area (Å²) >= 11 is 0. The summed E-state index contributed by atoms with van der Waals surface area (Å²) in [5, 5.41) is 12.2. The number of oxime groups is 1. The molecule has 0 aliphatic rings. The molecule has 0 saturated carbocycles. The van der Waals surface area contributed by atoms with Crippen molar-refractivity contribution >= 4 is 5.71 Å². The first kappa shape index (κ1) is 10.2. The summed E-state index contributed by atoms with van der Waals surface area (Å²) < 4.78 is 0. The van der Waals surface area contributed by atoms with E-state index < -0.39 is 0 Å². The molecule has 0 fully saturated rings. The highest BCUT2D eigenvalue weighted by molar-refractivity contribution is 5.99. The summed E-state index contributed by atoms with van der Waals surface area (Å²) in [4.78, 5) is 12.0. The fourth-order valence-corrected chi connectivity index (χ4v) is 1.31. The maximum Gasteiger partial charge on any atom is 0.116 e. The van der Waals surface area contributed by atoms with Gasteiger partial charge in [0, 0.05) is 24.5 Å². The van der Waals surface area contributed by atoms with Crippen molar-refractivity contribution in [1.82, 2.24) is 15.0 Å². The quantitative estimate of drug-likeness (QED) is 0.475. The third kappa shape index (κ3) is 2.38. The van der Waals surface area contributed by atoms with E-state index in [9.17, 15) is 0 Å². The molecule has 2 heterocycles. The maximum atomic E-state index is 8.94. The SMILES string of the molecule is O/N=C(/Cc1ccccn1)c1ccncn1. The molecule has 80 valence electrons. The summed E-state index contributed by atoms with van der Waals surface area (Å²) in [6.45, 7) is 0. The lowest BCUT2D eigenvalue weighted by molar-refractivity contribution is 0.318. The Morgan fingerprint density at radius 3 is 2.75 bits per heavy atom. The predicted molar refractivity (Wildman–Crippen MR) is 58.3 cm³/mol. The van der Waals surface area contributed by atoms with Gasteiger partial charge in [-0.1, -0.05) is 11.2 Å². The van der Waals surface area contributed by atoms with Crippen LogP contribution in [0.2, 0.25) is 0 Å². The minimum atomic E-state index is 0.439. The number of rotatable bonds is 3. The molecule has 0 amide bonds. The molecule has 0 unspecified atom stereocenters. The van der Waals surface area contributed by atoms with Crippen molar-refractivity contribution in [2.75, 3.05) is 0 Å². The summed E-state index contributed by atoms with van der Waals surface area (Å²) in [5.41, 5.74) is 1.90. The van der Waals surface area contributed by atoms with Crippen molar-refractivity contribution in [1.29, 1.82) is 0 Å². The topological polar surface area (TPSA) is 71.3 Å². The van der Waals surface area contributed by atoms with Gasteiger partial charge >= 0.3 is 0 Å². The highest BCUT2D eigenvalue weighted by Gasteiger charge is 2.07. The molecule has 5 heteroatoms. The molecule has 2 aromatic rings. The normalized spacial score (nSPS) is 11.4. The van der Waals surface area contributed by atoms with Crippen LogP contribution < -0.4 is 0 Å². The Labute approximate surface area is 92.5 Å². The molecule has 2 aromatic heterocycles. The molecular weight excluding hydrogens is 204 g/mol. The minimum Gasteiger partial charge on any atom is -0.411 e. The van der Waals surface area contributed by atoms with Crippen LogP contribution in [0.1, 0.15) is 11.4 Å². The monoisotopic (exact) mass is 214 g/mol. The number of hydrogen-bond acceptors (Lipinski definition) is 5. The number of pyridine rings is 1. The van der Waals surface area contributed by atoms with Crippen LogP contribution in [0.4, 0.5) is 0 Å². The third-order valence-electron chi connectivity index (χ3n) is 2.07. The number of aromatic nitrogens is 3. The van der Waals surface area contributed by atoms with E-state index in [2.05, 4.69) is 20.1 Å². The van der Waals surface area contributed by atoms with E-state index >= 15 is 0 Å². The first-order chi connectivity index (χ1) is 7.90. The maximum absolute atomic E-state index is 8.94. The van der Waals surface area contributed by atoms with E-state index in [0.717, 1.165) is 5.69 Å². The second-order valence-electron chi connectivity index (χ2n) is 3.14. The molecular formula is C11H10N4O. The van der Waals surface area contributed by atoms with E-state index in [4.69, 9.17) is 5.21 Å². The molecule has 0 aromatic carbocycles. The van der Waals surface area contributed by atoms with Crippen molar-refractivity contribution in [3.8, 4) is 0 Å². The first-order valence-corrected chi connectivity index (χ1v) is 4.77. The molecule has 0 spiro atoms. The van der Waals surface area contributed by atoms with Gasteiger partial charge in [-0.15, -0.1) is 0 Å². The van der Waals surface area contributed by atoms with Crippen LogP contribution in [0.25, 0.3) is 0 Å². The molecule has 0 saturated heterocycles. The standard InChI is InChI=1S/C11H10N4O/c16-15-11(10-4-6-12-8-14-10)7-9-3-1-2-5-13-9/h1-6,8,16H,7H2/b15-11-. The van der Waals surface area contributed by atoms with Gasteiger partial charge in [-0.3, -0.25) is 4.98 Å². The fraction of sp³-hybridized carbons (Fsp3) is 0.0909.